The fourth-order valence-electron chi connectivity index (χ4n) is 3.35. The molecule has 7 nitrogen and oxygen atoms in total. The molecule has 0 N–H and O–H groups in total. The average Bonchev–Trinajstić information content (AvgIpc) is 3.19. The summed E-state index contributed by atoms with van der Waals surface area (Å²) in [5, 5.41) is 8.83. The van der Waals surface area contributed by atoms with Crippen molar-refractivity contribution < 1.29 is 14.0 Å². The molecule has 25 heavy (non-hydrogen) atoms. The van der Waals surface area contributed by atoms with Crippen LogP contribution in [-0.2, 0) is 11.3 Å². The SMILES string of the molecule is N#Cc1ccc(CN2CCN3C(=O)N(c4ccccc4)C(=O)[C@H]3C2)o1. The standard InChI is InChI=1S/C18H16N4O3/c19-10-14-6-7-15(25-14)11-20-8-9-21-16(12-20)17(23)22(18(21)24)13-4-2-1-3-5-13/h1-7,16H,8-9,11-12H2/t16-/m1/s1. The Morgan fingerprint density at radius 1 is 1.12 bits per heavy atom. The molecule has 4 rings (SSSR count). The Morgan fingerprint density at radius 3 is 2.64 bits per heavy atom. The van der Waals surface area contributed by atoms with Gasteiger partial charge in [-0.3, -0.25) is 9.69 Å². The van der Waals surface area contributed by atoms with Gasteiger partial charge in [0.05, 0.1) is 12.2 Å². The molecule has 1 aromatic heterocycles. The number of anilines is 1. The van der Waals surface area contributed by atoms with E-state index in [2.05, 4.69) is 4.90 Å². The maximum atomic E-state index is 12.8. The van der Waals surface area contributed by atoms with Crippen LogP contribution in [0.15, 0.2) is 46.9 Å². The van der Waals surface area contributed by atoms with Gasteiger partial charge in [0.1, 0.15) is 17.9 Å². The van der Waals surface area contributed by atoms with E-state index in [9.17, 15) is 9.59 Å². The number of piperazine rings is 1. The van der Waals surface area contributed by atoms with Gasteiger partial charge < -0.3 is 9.32 Å². The van der Waals surface area contributed by atoms with E-state index >= 15 is 0 Å². The van der Waals surface area contributed by atoms with E-state index in [0.29, 0.717) is 37.6 Å². The van der Waals surface area contributed by atoms with Crippen molar-refractivity contribution >= 4 is 17.6 Å². The van der Waals surface area contributed by atoms with E-state index in [1.807, 2.05) is 24.3 Å². The Kier molecular flexibility index (Phi) is 3.75. The van der Waals surface area contributed by atoms with Crippen molar-refractivity contribution in [2.24, 2.45) is 0 Å². The topological polar surface area (TPSA) is 80.8 Å². The van der Waals surface area contributed by atoms with Gasteiger partial charge in [0.15, 0.2) is 0 Å². The van der Waals surface area contributed by atoms with Crippen LogP contribution in [0.1, 0.15) is 11.5 Å². The smallest absolute Gasteiger partial charge is 0.332 e. The molecule has 3 heterocycles. The summed E-state index contributed by atoms with van der Waals surface area (Å²) in [6.45, 7) is 2.11. The Bertz CT molecular complexity index is 855. The minimum absolute atomic E-state index is 0.196. The van der Waals surface area contributed by atoms with Crippen LogP contribution >= 0.6 is 0 Å². The molecule has 0 radical (unpaired) electrons. The number of urea groups is 1. The van der Waals surface area contributed by atoms with Crippen LogP contribution in [0.3, 0.4) is 0 Å². The Labute approximate surface area is 144 Å². The van der Waals surface area contributed by atoms with E-state index in [-0.39, 0.29) is 17.7 Å². The van der Waals surface area contributed by atoms with Crippen LogP contribution in [0.25, 0.3) is 0 Å². The second-order valence-electron chi connectivity index (χ2n) is 6.11. The van der Waals surface area contributed by atoms with Gasteiger partial charge in [0.2, 0.25) is 5.76 Å². The Morgan fingerprint density at radius 2 is 1.92 bits per heavy atom. The van der Waals surface area contributed by atoms with Crippen LogP contribution < -0.4 is 4.90 Å². The molecule has 1 atom stereocenters. The van der Waals surface area contributed by atoms with Gasteiger partial charge in [-0.1, -0.05) is 18.2 Å². The lowest BCUT2D eigenvalue weighted by Gasteiger charge is -2.34. The quantitative estimate of drug-likeness (QED) is 0.799. The molecule has 0 spiro atoms. The van der Waals surface area contributed by atoms with E-state index in [1.54, 1.807) is 29.2 Å². The zero-order valence-electron chi connectivity index (χ0n) is 13.5. The van der Waals surface area contributed by atoms with Crippen molar-refractivity contribution in [2.45, 2.75) is 12.6 Å². The summed E-state index contributed by atoms with van der Waals surface area (Å²) in [4.78, 5) is 30.3. The van der Waals surface area contributed by atoms with Gasteiger partial charge in [-0.05, 0) is 24.3 Å². The van der Waals surface area contributed by atoms with Crippen LogP contribution in [0.4, 0.5) is 10.5 Å². The minimum Gasteiger partial charge on any atom is -0.449 e. The van der Waals surface area contributed by atoms with Gasteiger partial charge in [-0.15, -0.1) is 0 Å². The van der Waals surface area contributed by atoms with Crippen molar-refractivity contribution in [2.75, 3.05) is 24.5 Å². The Balaban J connectivity index is 1.50. The molecule has 3 amide bonds. The maximum Gasteiger partial charge on any atom is 0.332 e. The molecule has 7 heteroatoms. The lowest BCUT2D eigenvalue weighted by atomic mass is 10.1. The van der Waals surface area contributed by atoms with Crippen LogP contribution in [0, 0.1) is 11.3 Å². The van der Waals surface area contributed by atoms with Crippen LogP contribution in [-0.4, -0.2) is 47.4 Å². The first-order valence-electron chi connectivity index (χ1n) is 8.08. The number of amides is 3. The summed E-state index contributed by atoms with van der Waals surface area (Å²) in [6, 6.07) is 13.6. The number of rotatable bonds is 3. The highest BCUT2D eigenvalue weighted by atomic mass is 16.3. The number of hydrogen-bond acceptors (Lipinski definition) is 5. The number of nitrogens with zero attached hydrogens (tertiary/aromatic N) is 4. The average molecular weight is 336 g/mol. The number of hydrogen-bond donors (Lipinski definition) is 0. The van der Waals surface area contributed by atoms with Crippen molar-refractivity contribution in [3.63, 3.8) is 0 Å². The molecule has 126 valence electrons. The number of benzene rings is 1. The largest absolute Gasteiger partial charge is 0.449 e. The van der Waals surface area contributed by atoms with E-state index < -0.39 is 6.04 Å². The number of carbonyl (C=O) groups excluding carboxylic acids is 2. The molecule has 0 bridgehead atoms. The zero-order valence-corrected chi connectivity index (χ0v) is 13.5. The normalized spacial score (nSPS) is 20.7. The third-order valence-electron chi connectivity index (χ3n) is 4.57. The molecule has 2 aliphatic heterocycles. The van der Waals surface area contributed by atoms with Gasteiger partial charge >= 0.3 is 6.03 Å². The molecule has 2 fully saturated rings. The zero-order chi connectivity index (χ0) is 17.4. The van der Waals surface area contributed by atoms with Crippen molar-refractivity contribution in [1.82, 2.24) is 9.80 Å². The van der Waals surface area contributed by atoms with Gasteiger partial charge in [-0.25, -0.2) is 9.69 Å². The highest BCUT2D eigenvalue weighted by Crippen LogP contribution is 2.28. The molecule has 2 aliphatic rings. The number of para-hydroxylation sites is 1. The van der Waals surface area contributed by atoms with E-state index in [1.165, 1.54) is 4.90 Å². The highest BCUT2D eigenvalue weighted by Gasteiger charge is 2.48. The predicted molar refractivity (Wildman–Crippen MR) is 88.5 cm³/mol. The first kappa shape index (κ1) is 15.4. The fraction of sp³-hybridized carbons (Fsp3) is 0.278. The van der Waals surface area contributed by atoms with Gasteiger partial charge in [-0.2, -0.15) is 5.26 Å². The molecule has 0 unspecified atom stereocenters. The van der Waals surface area contributed by atoms with Crippen molar-refractivity contribution in [1.29, 1.82) is 5.26 Å². The molecular formula is C18H16N4O3. The van der Waals surface area contributed by atoms with Crippen molar-refractivity contribution in [3.05, 3.63) is 54.0 Å². The number of nitriles is 1. The summed E-state index contributed by atoms with van der Waals surface area (Å²) in [5.74, 6) is 0.760. The predicted octanol–water partition coefficient (Wildman–Crippen LogP) is 1.80. The van der Waals surface area contributed by atoms with Crippen molar-refractivity contribution in [3.8, 4) is 6.07 Å². The monoisotopic (exact) mass is 336 g/mol. The molecule has 0 aliphatic carbocycles. The number of imide groups is 1. The Hall–Kier alpha value is -3.11. The minimum atomic E-state index is -0.480. The molecule has 1 aromatic carbocycles. The number of carbonyl (C=O) groups is 2. The second-order valence-corrected chi connectivity index (χ2v) is 6.11. The second kappa shape index (κ2) is 6.07. The number of fused-ring (bicyclic) bond motifs is 1. The molecule has 2 aromatic rings. The summed E-state index contributed by atoms with van der Waals surface area (Å²) >= 11 is 0. The number of furan rings is 1. The van der Waals surface area contributed by atoms with Gasteiger partial charge in [0, 0.05) is 19.6 Å². The first-order valence-corrected chi connectivity index (χ1v) is 8.08. The van der Waals surface area contributed by atoms with Gasteiger partial charge in [0.25, 0.3) is 5.91 Å². The molecule has 0 saturated carbocycles. The molecule has 2 saturated heterocycles. The van der Waals surface area contributed by atoms with Crippen LogP contribution in [0.2, 0.25) is 0 Å². The summed E-state index contributed by atoms with van der Waals surface area (Å²) < 4.78 is 5.41. The maximum absolute atomic E-state index is 12.8. The third kappa shape index (κ3) is 2.66. The first-order chi connectivity index (χ1) is 12.2. The summed E-state index contributed by atoms with van der Waals surface area (Å²) in [5.41, 5.74) is 0.600. The van der Waals surface area contributed by atoms with E-state index in [0.717, 1.165) is 0 Å². The third-order valence-corrected chi connectivity index (χ3v) is 4.57. The van der Waals surface area contributed by atoms with E-state index in [4.69, 9.17) is 9.68 Å². The highest BCUT2D eigenvalue weighted by molar-refractivity contribution is 6.21. The fourth-order valence-corrected chi connectivity index (χ4v) is 3.35. The lowest BCUT2D eigenvalue weighted by molar-refractivity contribution is -0.121. The van der Waals surface area contributed by atoms with Crippen LogP contribution in [0.5, 0.6) is 0 Å². The summed E-state index contributed by atoms with van der Waals surface area (Å²) in [7, 11) is 0. The summed E-state index contributed by atoms with van der Waals surface area (Å²) in [6.07, 6.45) is 0. The lowest BCUT2D eigenvalue weighted by Crippen LogP contribution is -2.52. The molecular weight excluding hydrogens is 320 g/mol.